The van der Waals surface area contributed by atoms with Crippen molar-refractivity contribution < 1.29 is 14.3 Å². The summed E-state index contributed by atoms with van der Waals surface area (Å²) in [5, 5.41) is 8.46. The maximum absolute atomic E-state index is 12.3. The number of carbonyl (C=O) groups excluding carboxylic acids is 1. The zero-order valence-corrected chi connectivity index (χ0v) is 13.0. The van der Waals surface area contributed by atoms with Gasteiger partial charge in [-0.1, -0.05) is 6.08 Å². The Hall–Kier alpha value is -1.54. The molecule has 0 aromatic rings. The minimum Gasteiger partial charge on any atom is -0.444 e. The fourth-order valence-corrected chi connectivity index (χ4v) is 2.20. The maximum atomic E-state index is 12.3. The third kappa shape index (κ3) is 4.53. The van der Waals surface area contributed by atoms with Gasteiger partial charge in [0.15, 0.2) is 0 Å². The number of hydrogen-bond acceptors (Lipinski definition) is 4. The summed E-state index contributed by atoms with van der Waals surface area (Å²) in [6.07, 6.45) is 4.39. The Morgan fingerprint density at radius 2 is 2.20 bits per heavy atom. The van der Waals surface area contributed by atoms with Crippen LogP contribution in [-0.2, 0) is 9.47 Å². The first-order valence-corrected chi connectivity index (χ1v) is 6.88. The summed E-state index contributed by atoms with van der Waals surface area (Å²) in [6.45, 7) is 9.76. The highest BCUT2D eigenvalue weighted by atomic mass is 16.6. The predicted molar refractivity (Wildman–Crippen MR) is 75.9 cm³/mol. The molecule has 0 aliphatic carbocycles. The van der Waals surface area contributed by atoms with Crippen molar-refractivity contribution in [1.82, 2.24) is 4.90 Å². The molecule has 20 heavy (non-hydrogen) atoms. The average molecular weight is 280 g/mol. The highest BCUT2D eigenvalue weighted by molar-refractivity contribution is 5.69. The van der Waals surface area contributed by atoms with Crippen molar-refractivity contribution >= 4 is 6.09 Å². The molecule has 1 fully saturated rings. The van der Waals surface area contributed by atoms with Crippen LogP contribution in [0.25, 0.3) is 0 Å². The molecule has 0 aromatic heterocycles. The van der Waals surface area contributed by atoms with Gasteiger partial charge in [-0.2, -0.15) is 5.26 Å². The number of allylic oxidation sites excluding steroid dienone is 2. The molecule has 0 N–H and O–H groups in total. The van der Waals surface area contributed by atoms with E-state index in [4.69, 9.17) is 14.7 Å². The molecular weight excluding hydrogens is 256 g/mol. The summed E-state index contributed by atoms with van der Waals surface area (Å²) in [5.41, 5.74) is -1.19. The summed E-state index contributed by atoms with van der Waals surface area (Å²) < 4.78 is 11.1. The molecule has 5 nitrogen and oxygen atoms in total. The Morgan fingerprint density at radius 1 is 1.55 bits per heavy atom. The first kappa shape index (κ1) is 16.5. The van der Waals surface area contributed by atoms with Crippen LogP contribution in [0.4, 0.5) is 4.79 Å². The molecule has 0 bridgehead atoms. The second-order valence-corrected chi connectivity index (χ2v) is 6.37. The van der Waals surface area contributed by atoms with Crippen molar-refractivity contribution in [2.45, 2.75) is 64.8 Å². The van der Waals surface area contributed by atoms with Gasteiger partial charge in [-0.05, 0) is 47.5 Å². The molecule has 1 heterocycles. The second-order valence-electron chi connectivity index (χ2n) is 6.37. The summed E-state index contributed by atoms with van der Waals surface area (Å²) in [7, 11) is 0. The number of rotatable bonds is 3. The van der Waals surface area contributed by atoms with Gasteiger partial charge in [0.1, 0.15) is 11.3 Å². The monoisotopic (exact) mass is 280 g/mol. The van der Waals surface area contributed by atoms with Crippen molar-refractivity contribution in [3.05, 3.63) is 12.2 Å². The second kappa shape index (κ2) is 6.27. The molecule has 0 saturated carbocycles. The van der Waals surface area contributed by atoms with Crippen molar-refractivity contribution in [3.63, 3.8) is 0 Å². The van der Waals surface area contributed by atoms with Crippen LogP contribution < -0.4 is 0 Å². The minimum absolute atomic E-state index is 0.0248. The molecule has 1 amide bonds. The summed E-state index contributed by atoms with van der Waals surface area (Å²) in [4.78, 5) is 14.0. The number of amides is 1. The molecule has 112 valence electrons. The van der Waals surface area contributed by atoms with Gasteiger partial charge in [-0.25, -0.2) is 4.79 Å². The van der Waals surface area contributed by atoms with Gasteiger partial charge in [-0.15, -0.1) is 0 Å². The molecular formula is C15H24N2O3. The topological polar surface area (TPSA) is 62.6 Å². The molecule has 1 rings (SSSR count). The number of nitrogens with zero attached hydrogens (tertiary/aromatic N) is 2. The SMILES string of the molecule is CC(C)(C)OC(=O)N1[C@@H](CCC=CC#N)COC1(C)C. The van der Waals surface area contributed by atoms with Gasteiger partial charge in [0.25, 0.3) is 0 Å². The lowest BCUT2D eigenvalue weighted by molar-refractivity contribution is -0.0626. The van der Waals surface area contributed by atoms with Crippen LogP contribution in [-0.4, -0.2) is 35.0 Å². The molecule has 0 aromatic carbocycles. The lowest BCUT2D eigenvalue weighted by Gasteiger charge is -2.35. The molecule has 5 heteroatoms. The van der Waals surface area contributed by atoms with E-state index in [1.54, 1.807) is 11.0 Å². The van der Waals surface area contributed by atoms with Crippen molar-refractivity contribution in [2.24, 2.45) is 0 Å². The van der Waals surface area contributed by atoms with Crippen LogP contribution in [0.2, 0.25) is 0 Å². The highest BCUT2D eigenvalue weighted by Crippen LogP contribution is 2.31. The Labute approximate surface area is 121 Å². The summed E-state index contributed by atoms with van der Waals surface area (Å²) in [5.74, 6) is 0. The first-order chi connectivity index (χ1) is 9.17. The molecule has 0 radical (unpaired) electrons. The summed E-state index contributed by atoms with van der Waals surface area (Å²) >= 11 is 0. The Kier molecular flexibility index (Phi) is 5.18. The van der Waals surface area contributed by atoms with Crippen LogP contribution in [0.1, 0.15) is 47.5 Å². The van der Waals surface area contributed by atoms with E-state index in [1.807, 2.05) is 40.7 Å². The Morgan fingerprint density at radius 3 is 2.75 bits per heavy atom. The van der Waals surface area contributed by atoms with Crippen LogP contribution in [0, 0.1) is 11.3 Å². The molecule has 1 aliphatic rings. The van der Waals surface area contributed by atoms with Crippen LogP contribution in [0.15, 0.2) is 12.2 Å². The van der Waals surface area contributed by atoms with E-state index in [0.29, 0.717) is 6.61 Å². The molecule has 1 saturated heterocycles. The zero-order chi connectivity index (χ0) is 15.4. The standard InChI is InChI=1S/C15H24N2O3/c1-14(2,3)20-13(18)17-12(9-7-6-8-10-16)11-19-15(17,4)5/h6,8,12H,7,9,11H2,1-5H3/t12-/m0/s1. The fraction of sp³-hybridized carbons (Fsp3) is 0.733. The molecule has 0 unspecified atom stereocenters. The van der Waals surface area contributed by atoms with Crippen LogP contribution >= 0.6 is 0 Å². The van der Waals surface area contributed by atoms with E-state index in [9.17, 15) is 4.79 Å². The van der Waals surface area contributed by atoms with E-state index in [0.717, 1.165) is 12.8 Å². The zero-order valence-electron chi connectivity index (χ0n) is 13.0. The molecule has 0 spiro atoms. The summed E-state index contributed by atoms with van der Waals surface area (Å²) in [6, 6.07) is 1.93. The van der Waals surface area contributed by atoms with E-state index in [1.165, 1.54) is 6.08 Å². The predicted octanol–water partition coefficient (Wildman–Crippen LogP) is 3.22. The van der Waals surface area contributed by atoms with Gasteiger partial charge < -0.3 is 9.47 Å². The lowest BCUT2D eigenvalue weighted by atomic mass is 10.1. The maximum Gasteiger partial charge on any atom is 0.412 e. The molecule has 1 aliphatic heterocycles. The van der Waals surface area contributed by atoms with Crippen LogP contribution in [0.3, 0.4) is 0 Å². The van der Waals surface area contributed by atoms with E-state index in [2.05, 4.69) is 0 Å². The largest absolute Gasteiger partial charge is 0.444 e. The number of nitriles is 1. The normalized spacial score (nSPS) is 22.0. The third-order valence-electron chi connectivity index (χ3n) is 3.02. The van der Waals surface area contributed by atoms with Crippen LogP contribution in [0.5, 0.6) is 0 Å². The van der Waals surface area contributed by atoms with E-state index >= 15 is 0 Å². The first-order valence-electron chi connectivity index (χ1n) is 6.88. The number of ether oxygens (including phenoxy) is 2. The van der Waals surface area contributed by atoms with Gasteiger partial charge in [-0.3, -0.25) is 4.90 Å². The van der Waals surface area contributed by atoms with Gasteiger partial charge >= 0.3 is 6.09 Å². The number of carbonyl (C=O) groups is 1. The van der Waals surface area contributed by atoms with Crippen molar-refractivity contribution in [1.29, 1.82) is 5.26 Å². The van der Waals surface area contributed by atoms with Gasteiger partial charge in [0.2, 0.25) is 0 Å². The Balaban J connectivity index is 2.73. The Bertz CT molecular complexity index is 416. The van der Waals surface area contributed by atoms with Gasteiger partial charge in [0.05, 0.1) is 18.7 Å². The van der Waals surface area contributed by atoms with E-state index < -0.39 is 11.3 Å². The van der Waals surface area contributed by atoms with Gasteiger partial charge in [0, 0.05) is 6.08 Å². The fourth-order valence-electron chi connectivity index (χ4n) is 2.20. The third-order valence-corrected chi connectivity index (χ3v) is 3.02. The molecule has 1 atom stereocenters. The minimum atomic E-state index is -0.661. The van der Waals surface area contributed by atoms with Crippen molar-refractivity contribution in [2.75, 3.05) is 6.61 Å². The van der Waals surface area contributed by atoms with Crippen molar-refractivity contribution in [3.8, 4) is 6.07 Å². The smallest absolute Gasteiger partial charge is 0.412 e. The quantitative estimate of drug-likeness (QED) is 0.745. The average Bonchev–Trinajstić information content (AvgIpc) is 2.58. The lowest BCUT2D eigenvalue weighted by Crippen LogP contribution is -2.49. The highest BCUT2D eigenvalue weighted by Gasteiger charge is 2.45. The van der Waals surface area contributed by atoms with E-state index in [-0.39, 0.29) is 12.1 Å². The number of hydrogen-bond donors (Lipinski definition) is 0.